The molecule has 0 aliphatic carbocycles. The predicted octanol–water partition coefficient (Wildman–Crippen LogP) is 2.06. The number of rotatable bonds is 4. The highest BCUT2D eigenvalue weighted by Gasteiger charge is 2.30. The van der Waals surface area contributed by atoms with Crippen molar-refractivity contribution in [2.75, 3.05) is 24.5 Å². The van der Waals surface area contributed by atoms with Crippen LogP contribution in [0.2, 0.25) is 0 Å². The van der Waals surface area contributed by atoms with Gasteiger partial charge < -0.3 is 4.90 Å². The molecule has 0 spiro atoms. The molecule has 10 heteroatoms. The van der Waals surface area contributed by atoms with Gasteiger partial charge in [-0.2, -0.15) is 9.40 Å². The minimum Gasteiger partial charge on any atom is -0.361 e. The lowest BCUT2D eigenvalue weighted by Crippen LogP contribution is -2.35. The van der Waals surface area contributed by atoms with Crippen LogP contribution in [0, 0.1) is 10.1 Å². The van der Waals surface area contributed by atoms with Gasteiger partial charge in [-0.05, 0) is 25.0 Å². The molecule has 144 valence electrons. The maximum Gasteiger partial charge on any atom is 0.293 e. The van der Waals surface area contributed by atoms with Gasteiger partial charge in [0.2, 0.25) is 10.0 Å². The molecule has 2 aromatic rings. The topological polar surface area (TPSA) is 112 Å². The van der Waals surface area contributed by atoms with Crippen LogP contribution in [0.5, 0.6) is 0 Å². The Morgan fingerprint density at radius 2 is 1.93 bits per heavy atom. The Kier molecular flexibility index (Phi) is 4.60. The molecule has 9 nitrogen and oxygen atoms in total. The van der Waals surface area contributed by atoms with E-state index < -0.39 is 14.9 Å². The summed E-state index contributed by atoms with van der Waals surface area (Å²) in [5.41, 5.74) is 2.29. The Balaban J connectivity index is 1.68. The van der Waals surface area contributed by atoms with Crippen LogP contribution in [0.4, 0.5) is 11.4 Å². The number of benzene rings is 1. The average Bonchev–Trinajstić information content (AvgIpc) is 3.16. The molecule has 2 aliphatic heterocycles. The summed E-state index contributed by atoms with van der Waals surface area (Å²) in [6.07, 6.45) is 5.08. The number of nitro groups is 1. The van der Waals surface area contributed by atoms with Crippen molar-refractivity contribution in [3.05, 3.63) is 45.8 Å². The number of hydrogen-bond acceptors (Lipinski definition) is 6. The molecule has 1 aromatic heterocycles. The summed E-state index contributed by atoms with van der Waals surface area (Å²) < 4.78 is 27.1. The van der Waals surface area contributed by atoms with E-state index in [0.29, 0.717) is 38.3 Å². The molecule has 0 amide bonds. The molecular weight excluding hydrogens is 370 g/mol. The molecule has 0 saturated carbocycles. The third-order valence-corrected chi connectivity index (χ3v) is 7.13. The Labute approximate surface area is 157 Å². The maximum absolute atomic E-state index is 12.9. The second-order valence-electron chi connectivity index (χ2n) is 6.92. The molecule has 4 rings (SSSR count). The minimum absolute atomic E-state index is 0.0131. The van der Waals surface area contributed by atoms with Crippen LogP contribution in [-0.2, 0) is 23.0 Å². The van der Waals surface area contributed by atoms with E-state index in [1.54, 1.807) is 12.3 Å². The summed E-state index contributed by atoms with van der Waals surface area (Å²) in [6, 6.07) is 4.24. The van der Waals surface area contributed by atoms with Crippen molar-refractivity contribution in [3.63, 3.8) is 0 Å². The van der Waals surface area contributed by atoms with Crippen LogP contribution in [-0.4, -0.2) is 47.5 Å². The van der Waals surface area contributed by atoms with Crippen LogP contribution in [0.25, 0.3) is 0 Å². The summed E-state index contributed by atoms with van der Waals surface area (Å²) in [7, 11) is -3.71. The van der Waals surface area contributed by atoms with Gasteiger partial charge in [-0.3, -0.25) is 15.2 Å². The summed E-state index contributed by atoms with van der Waals surface area (Å²) in [6.45, 7) is 2.04. The predicted molar refractivity (Wildman–Crippen MR) is 99.0 cm³/mol. The molecule has 0 radical (unpaired) electrons. The van der Waals surface area contributed by atoms with Crippen LogP contribution in [0.1, 0.15) is 30.5 Å². The zero-order valence-electron chi connectivity index (χ0n) is 14.8. The lowest BCUT2D eigenvalue weighted by atomic mass is 10.1. The van der Waals surface area contributed by atoms with Gasteiger partial charge in [0.15, 0.2) is 0 Å². The number of nitrogens with zero attached hydrogens (tertiary/aromatic N) is 4. The summed E-state index contributed by atoms with van der Waals surface area (Å²) in [4.78, 5) is 13.0. The summed E-state index contributed by atoms with van der Waals surface area (Å²) in [5, 5.41) is 18.6. The molecular formula is C17H21N5O4S. The highest BCUT2D eigenvalue weighted by molar-refractivity contribution is 7.89. The number of piperidine rings is 1. The van der Waals surface area contributed by atoms with Gasteiger partial charge in [-0.15, -0.1) is 0 Å². The number of hydrogen-bond donors (Lipinski definition) is 1. The first-order chi connectivity index (χ1) is 13.0. The van der Waals surface area contributed by atoms with E-state index in [0.717, 1.165) is 30.5 Å². The van der Waals surface area contributed by atoms with Gasteiger partial charge in [0.05, 0.1) is 16.0 Å². The minimum atomic E-state index is -3.71. The van der Waals surface area contributed by atoms with E-state index in [1.165, 1.54) is 16.4 Å². The number of anilines is 1. The highest BCUT2D eigenvalue weighted by Crippen LogP contribution is 2.34. The largest absolute Gasteiger partial charge is 0.361 e. The molecule has 2 aliphatic rings. The van der Waals surface area contributed by atoms with Crippen molar-refractivity contribution in [2.45, 2.75) is 37.1 Å². The zero-order chi connectivity index (χ0) is 19.0. The molecule has 1 N–H and O–H groups in total. The van der Waals surface area contributed by atoms with Crippen molar-refractivity contribution >= 4 is 21.4 Å². The molecule has 0 unspecified atom stereocenters. The average molecular weight is 391 g/mol. The Bertz CT molecular complexity index is 965. The quantitative estimate of drug-likeness (QED) is 0.630. The van der Waals surface area contributed by atoms with E-state index in [-0.39, 0.29) is 10.6 Å². The van der Waals surface area contributed by atoms with Gasteiger partial charge in [0.25, 0.3) is 5.69 Å². The van der Waals surface area contributed by atoms with Gasteiger partial charge in [-0.25, -0.2) is 8.42 Å². The fourth-order valence-electron chi connectivity index (χ4n) is 3.76. The van der Waals surface area contributed by atoms with E-state index >= 15 is 0 Å². The highest BCUT2D eigenvalue weighted by atomic mass is 32.2. The van der Waals surface area contributed by atoms with E-state index in [9.17, 15) is 18.5 Å². The van der Waals surface area contributed by atoms with Crippen molar-refractivity contribution in [2.24, 2.45) is 0 Å². The maximum atomic E-state index is 12.9. The normalized spacial score (nSPS) is 18.3. The van der Waals surface area contributed by atoms with Crippen LogP contribution in [0.15, 0.2) is 29.3 Å². The van der Waals surface area contributed by atoms with Gasteiger partial charge in [-0.1, -0.05) is 6.42 Å². The Morgan fingerprint density at radius 1 is 1.15 bits per heavy atom. The molecule has 27 heavy (non-hydrogen) atoms. The Hall–Kier alpha value is -2.46. The number of nitrogens with one attached hydrogen (secondary N) is 1. The summed E-state index contributed by atoms with van der Waals surface area (Å²) in [5.74, 6) is 0. The number of nitro benzene ring substituents is 1. The van der Waals surface area contributed by atoms with Crippen LogP contribution < -0.4 is 4.90 Å². The van der Waals surface area contributed by atoms with Crippen LogP contribution in [0.3, 0.4) is 0 Å². The number of fused-ring (bicyclic) bond motifs is 1. The summed E-state index contributed by atoms with van der Waals surface area (Å²) >= 11 is 0. The number of aromatic nitrogens is 2. The van der Waals surface area contributed by atoms with E-state index in [1.807, 2.05) is 4.90 Å². The first kappa shape index (κ1) is 17.9. The third-order valence-electron chi connectivity index (χ3n) is 5.24. The smallest absolute Gasteiger partial charge is 0.293 e. The molecule has 1 fully saturated rings. The molecule has 1 aromatic carbocycles. The first-order valence-corrected chi connectivity index (χ1v) is 10.5. The molecule has 1 saturated heterocycles. The fraction of sp³-hybridized carbons (Fsp3) is 0.471. The van der Waals surface area contributed by atoms with Crippen LogP contribution >= 0.6 is 0 Å². The monoisotopic (exact) mass is 391 g/mol. The number of sulfonamides is 1. The van der Waals surface area contributed by atoms with Crippen molar-refractivity contribution in [3.8, 4) is 0 Å². The number of aromatic amines is 1. The van der Waals surface area contributed by atoms with Gasteiger partial charge >= 0.3 is 0 Å². The van der Waals surface area contributed by atoms with Crippen molar-refractivity contribution in [1.82, 2.24) is 14.5 Å². The second-order valence-corrected chi connectivity index (χ2v) is 8.86. The molecule has 0 bridgehead atoms. The second kappa shape index (κ2) is 6.93. The molecule has 3 heterocycles. The standard InChI is InChI=1S/C17H21N5O4S/c23-22(24)17-10-14(27(25,26)21-7-2-1-3-8-21)4-5-16(17)20-9-6-15-13(12-20)11-18-19-15/h4-5,10-11H,1-3,6-9,12H2,(H,18,19). The van der Waals surface area contributed by atoms with E-state index in [4.69, 9.17) is 0 Å². The van der Waals surface area contributed by atoms with Crippen molar-refractivity contribution < 1.29 is 13.3 Å². The zero-order valence-corrected chi connectivity index (χ0v) is 15.6. The fourth-order valence-corrected chi connectivity index (χ4v) is 5.30. The SMILES string of the molecule is O=[N+]([O-])c1cc(S(=O)(=O)N2CCCCC2)ccc1N1CCc2[nH]ncc2C1. The Morgan fingerprint density at radius 3 is 2.67 bits per heavy atom. The van der Waals surface area contributed by atoms with Gasteiger partial charge in [0, 0.05) is 49.9 Å². The van der Waals surface area contributed by atoms with Gasteiger partial charge in [0.1, 0.15) is 5.69 Å². The van der Waals surface area contributed by atoms with E-state index in [2.05, 4.69) is 10.2 Å². The molecule has 0 atom stereocenters. The first-order valence-electron chi connectivity index (χ1n) is 9.01. The number of H-pyrrole nitrogens is 1. The lowest BCUT2D eigenvalue weighted by molar-refractivity contribution is -0.384. The van der Waals surface area contributed by atoms with Crippen molar-refractivity contribution in [1.29, 1.82) is 0 Å². The third kappa shape index (κ3) is 3.30. The lowest BCUT2D eigenvalue weighted by Gasteiger charge is -2.29.